The Bertz CT molecular complexity index is 676. The van der Waals surface area contributed by atoms with E-state index in [2.05, 4.69) is 20.5 Å². The van der Waals surface area contributed by atoms with Gasteiger partial charge in [0, 0.05) is 29.4 Å². The van der Waals surface area contributed by atoms with Gasteiger partial charge in [-0.05, 0) is 32.0 Å². The van der Waals surface area contributed by atoms with Gasteiger partial charge in [-0.1, -0.05) is 0 Å². The molecule has 7 heteroatoms. The lowest BCUT2D eigenvalue weighted by molar-refractivity contribution is 0.0601. The van der Waals surface area contributed by atoms with E-state index in [0.717, 1.165) is 42.8 Å². The molecule has 0 amide bonds. The highest BCUT2D eigenvalue weighted by atomic mass is 16.5. The number of ether oxygens (including phenoxy) is 1. The van der Waals surface area contributed by atoms with E-state index in [1.54, 1.807) is 12.3 Å². The summed E-state index contributed by atoms with van der Waals surface area (Å²) in [5.74, 6) is 0.0860. The number of nitrogens with one attached hydrogen (secondary N) is 2. The predicted octanol–water partition coefficient (Wildman–Crippen LogP) is 1.31. The number of pyridine rings is 1. The molecule has 116 valence electrons. The van der Waals surface area contributed by atoms with Crippen LogP contribution >= 0.6 is 0 Å². The summed E-state index contributed by atoms with van der Waals surface area (Å²) in [5, 5.41) is 10.7. The molecule has 0 saturated carbocycles. The van der Waals surface area contributed by atoms with Crippen LogP contribution in [0.1, 0.15) is 34.8 Å². The van der Waals surface area contributed by atoms with Crippen LogP contribution in [-0.2, 0) is 4.74 Å². The van der Waals surface area contributed by atoms with Crippen molar-refractivity contribution >= 4 is 11.8 Å². The van der Waals surface area contributed by atoms with E-state index in [4.69, 9.17) is 10.5 Å². The van der Waals surface area contributed by atoms with Crippen molar-refractivity contribution < 1.29 is 9.53 Å². The minimum absolute atomic E-state index is 0.169. The van der Waals surface area contributed by atoms with Crippen molar-refractivity contribution in [3.63, 3.8) is 0 Å². The highest BCUT2D eigenvalue weighted by molar-refractivity contribution is 5.95. The van der Waals surface area contributed by atoms with Crippen molar-refractivity contribution in [1.29, 1.82) is 0 Å². The topological polar surface area (TPSA) is 106 Å². The van der Waals surface area contributed by atoms with E-state index in [1.165, 1.54) is 7.11 Å². The molecule has 1 fully saturated rings. The van der Waals surface area contributed by atoms with Gasteiger partial charge in [0.15, 0.2) is 0 Å². The number of carbonyl (C=O) groups is 1. The van der Waals surface area contributed by atoms with Crippen molar-refractivity contribution in [2.24, 2.45) is 0 Å². The number of H-pyrrole nitrogens is 1. The Morgan fingerprint density at radius 2 is 2.18 bits per heavy atom. The third kappa shape index (κ3) is 2.67. The van der Waals surface area contributed by atoms with E-state index < -0.39 is 5.97 Å². The fourth-order valence-electron chi connectivity index (χ4n) is 2.83. The van der Waals surface area contributed by atoms with Crippen LogP contribution in [0.4, 0.5) is 5.82 Å². The number of nitrogens with zero attached hydrogens (tertiary/aromatic N) is 2. The molecule has 0 spiro atoms. The molecule has 1 aliphatic rings. The van der Waals surface area contributed by atoms with Gasteiger partial charge in [0.05, 0.1) is 12.8 Å². The largest absolute Gasteiger partial charge is 0.465 e. The Morgan fingerprint density at radius 3 is 2.91 bits per heavy atom. The minimum atomic E-state index is -0.487. The van der Waals surface area contributed by atoms with Crippen molar-refractivity contribution in [2.75, 3.05) is 25.9 Å². The second-order valence-electron chi connectivity index (χ2n) is 5.36. The Labute approximate surface area is 128 Å². The van der Waals surface area contributed by atoms with Crippen molar-refractivity contribution in [2.45, 2.75) is 18.8 Å². The number of anilines is 1. The standard InChI is InChI=1S/C15H19N5O2/c1-22-15(21)11-6-10(7-18-14(11)16)12-8-19-20-13(12)9-2-4-17-5-3-9/h6-9,17H,2-5H2,1H3,(H2,16,18)(H,19,20). The van der Waals surface area contributed by atoms with Crippen LogP contribution in [-0.4, -0.2) is 41.3 Å². The third-order valence-corrected chi connectivity index (χ3v) is 4.03. The summed E-state index contributed by atoms with van der Waals surface area (Å²) in [7, 11) is 1.33. The smallest absolute Gasteiger partial charge is 0.341 e. The lowest BCUT2D eigenvalue weighted by Crippen LogP contribution is -2.27. The van der Waals surface area contributed by atoms with Crippen LogP contribution in [0.25, 0.3) is 11.1 Å². The van der Waals surface area contributed by atoms with Crippen LogP contribution in [0.15, 0.2) is 18.5 Å². The van der Waals surface area contributed by atoms with Gasteiger partial charge < -0.3 is 15.8 Å². The zero-order chi connectivity index (χ0) is 15.5. The molecular weight excluding hydrogens is 282 g/mol. The van der Waals surface area contributed by atoms with Gasteiger partial charge in [-0.3, -0.25) is 5.10 Å². The van der Waals surface area contributed by atoms with Gasteiger partial charge in [-0.2, -0.15) is 5.10 Å². The van der Waals surface area contributed by atoms with Gasteiger partial charge in [0.1, 0.15) is 11.4 Å². The number of piperidine rings is 1. The van der Waals surface area contributed by atoms with Crippen LogP contribution in [0.2, 0.25) is 0 Å². The highest BCUT2D eigenvalue weighted by Crippen LogP contribution is 2.32. The second kappa shape index (κ2) is 6.15. The van der Waals surface area contributed by atoms with E-state index >= 15 is 0 Å². The van der Waals surface area contributed by atoms with Crippen LogP contribution < -0.4 is 11.1 Å². The second-order valence-corrected chi connectivity index (χ2v) is 5.36. The monoisotopic (exact) mass is 301 g/mol. The Kier molecular flexibility index (Phi) is 4.06. The first-order valence-corrected chi connectivity index (χ1v) is 7.29. The van der Waals surface area contributed by atoms with Crippen LogP contribution in [0.5, 0.6) is 0 Å². The molecule has 0 radical (unpaired) electrons. The summed E-state index contributed by atoms with van der Waals surface area (Å²) in [6.45, 7) is 1.98. The van der Waals surface area contributed by atoms with Crippen LogP contribution in [0, 0.1) is 0 Å². The first-order valence-electron chi connectivity index (χ1n) is 7.29. The van der Waals surface area contributed by atoms with Crippen LogP contribution in [0.3, 0.4) is 0 Å². The number of hydrogen-bond donors (Lipinski definition) is 3. The number of nitrogens with two attached hydrogens (primary N) is 1. The summed E-state index contributed by atoms with van der Waals surface area (Å²) < 4.78 is 4.75. The molecule has 0 bridgehead atoms. The molecule has 1 saturated heterocycles. The average molecular weight is 301 g/mol. The lowest BCUT2D eigenvalue weighted by Gasteiger charge is -2.22. The summed E-state index contributed by atoms with van der Waals surface area (Å²) in [6, 6.07) is 1.71. The maximum absolute atomic E-state index is 11.8. The fraction of sp³-hybridized carbons (Fsp3) is 0.400. The molecule has 7 nitrogen and oxygen atoms in total. The number of aromatic nitrogens is 3. The summed E-state index contributed by atoms with van der Waals surface area (Å²) in [4.78, 5) is 15.9. The number of nitrogen functional groups attached to an aromatic ring is 1. The third-order valence-electron chi connectivity index (χ3n) is 4.03. The van der Waals surface area contributed by atoms with Crippen molar-refractivity contribution in [1.82, 2.24) is 20.5 Å². The number of esters is 1. The molecular formula is C15H19N5O2. The number of hydrogen-bond acceptors (Lipinski definition) is 6. The van der Waals surface area contributed by atoms with Gasteiger partial charge in [0.25, 0.3) is 0 Å². The molecule has 3 rings (SSSR count). The first kappa shape index (κ1) is 14.5. The Morgan fingerprint density at radius 1 is 1.41 bits per heavy atom. The molecule has 1 aliphatic heterocycles. The Balaban J connectivity index is 1.98. The van der Waals surface area contributed by atoms with Gasteiger partial charge >= 0.3 is 5.97 Å². The van der Waals surface area contributed by atoms with Gasteiger partial charge in [-0.15, -0.1) is 0 Å². The van der Waals surface area contributed by atoms with E-state index in [0.29, 0.717) is 5.92 Å². The maximum atomic E-state index is 11.8. The number of aromatic amines is 1. The number of rotatable bonds is 3. The molecule has 0 atom stereocenters. The molecule has 4 N–H and O–H groups in total. The molecule has 22 heavy (non-hydrogen) atoms. The minimum Gasteiger partial charge on any atom is -0.465 e. The molecule has 0 aromatic carbocycles. The fourth-order valence-corrected chi connectivity index (χ4v) is 2.83. The SMILES string of the molecule is COC(=O)c1cc(-c2c[nH]nc2C2CCNCC2)cnc1N. The molecule has 0 unspecified atom stereocenters. The number of carbonyl (C=O) groups excluding carboxylic acids is 1. The van der Waals surface area contributed by atoms with Gasteiger partial charge in [0.2, 0.25) is 0 Å². The van der Waals surface area contributed by atoms with E-state index in [9.17, 15) is 4.79 Å². The Hall–Kier alpha value is -2.41. The van der Waals surface area contributed by atoms with Gasteiger partial charge in [-0.25, -0.2) is 9.78 Å². The summed E-state index contributed by atoms with van der Waals surface area (Å²) in [5.41, 5.74) is 8.83. The number of methoxy groups -OCH3 is 1. The first-order chi connectivity index (χ1) is 10.7. The average Bonchev–Trinajstić information content (AvgIpc) is 3.05. The van der Waals surface area contributed by atoms with E-state index in [-0.39, 0.29) is 11.4 Å². The van der Waals surface area contributed by atoms with Crippen molar-refractivity contribution in [3.05, 3.63) is 29.7 Å². The normalized spacial score (nSPS) is 15.7. The molecule has 0 aliphatic carbocycles. The maximum Gasteiger partial charge on any atom is 0.341 e. The molecule has 3 heterocycles. The highest BCUT2D eigenvalue weighted by Gasteiger charge is 2.22. The molecule has 2 aromatic heterocycles. The zero-order valence-corrected chi connectivity index (χ0v) is 12.4. The molecule has 2 aromatic rings. The predicted molar refractivity (Wildman–Crippen MR) is 82.4 cm³/mol. The van der Waals surface area contributed by atoms with E-state index in [1.807, 2.05) is 6.20 Å². The lowest BCUT2D eigenvalue weighted by atomic mass is 9.90. The zero-order valence-electron chi connectivity index (χ0n) is 12.4. The quantitative estimate of drug-likeness (QED) is 0.738. The summed E-state index contributed by atoms with van der Waals surface area (Å²) in [6.07, 6.45) is 5.59. The van der Waals surface area contributed by atoms with Crippen molar-refractivity contribution in [3.8, 4) is 11.1 Å². The summed E-state index contributed by atoms with van der Waals surface area (Å²) >= 11 is 0.